The first kappa shape index (κ1) is 87.5. The van der Waals surface area contributed by atoms with Crippen molar-refractivity contribution in [3.05, 3.63) is 172 Å². The number of hydrogen-bond acceptors (Lipinski definition) is 24. The molecular weight excluding hydrogens is 1480 g/mol. The van der Waals surface area contributed by atoms with Crippen LogP contribution in [0.1, 0.15) is 160 Å². The number of fused-ring (bicyclic) bond motifs is 9. The Morgan fingerprint density at radius 2 is 0.653 bits per heavy atom. The van der Waals surface area contributed by atoms with E-state index in [0.29, 0.717) is 0 Å². The van der Waals surface area contributed by atoms with Crippen LogP contribution in [0.5, 0.6) is 0 Å². The Morgan fingerprint density at radius 3 is 1.23 bits per heavy atom. The fourth-order valence-corrected chi connectivity index (χ4v) is 14.0. The van der Waals surface area contributed by atoms with Crippen molar-refractivity contribution >= 4 is 99.8 Å². The number of rotatable bonds is 0. The van der Waals surface area contributed by atoms with Gasteiger partial charge in [-0.1, -0.05) is 5.21 Å². The molecule has 618 valence electrons. The molecule has 0 saturated carbocycles. The summed E-state index contributed by atoms with van der Waals surface area (Å²) >= 11 is 0. The van der Waals surface area contributed by atoms with E-state index in [1.165, 1.54) is 55.5 Å². The first-order chi connectivity index (χ1) is 55.3. The van der Waals surface area contributed by atoms with E-state index in [2.05, 4.69) is 216 Å². The summed E-state index contributed by atoms with van der Waals surface area (Å²) in [6.45, 7) is 56.1. The molecular formula is C85H113N33. The Morgan fingerprint density at radius 1 is 0.229 bits per heavy atom. The number of aromatic nitrogens is 33. The zero-order valence-corrected chi connectivity index (χ0v) is 75.9. The Balaban J connectivity index is 0.000000140. The summed E-state index contributed by atoms with van der Waals surface area (Å²) in [5, 5.41) is 33.9. The molecule has 17 aromatic heterocycles. The molecule has 0 amide bonds. The van der Waals surface area contributed by atoms with Crippen LogP contribution in [0.3, 0.4) is 0 Å². The van der Waals surface area contributed by atoms with Gasteiger partial charge in [0.2, 0.25) is 0 Å². The molecule has 0 radical (unpaired) electrons. The molecule has 0 bridgehead atoms. The molecule has 0 aliphatic carbocycles. The average Bonchev–Trinajstić information content (AvgIpc) is 1.63. The van der Waals surface area contributed by atoms with Crippen LogP contribution in [0, 0.1) is 194 Å². The van der Waals surface area contributed by atoms with E-state index in [4.69, 9.17) is 0 Å². The molecule has 0 atom stereocenters. The van der Waals surface area contributed by atoms with E-state index in [1.807, 2.05) is 206 Å². The minimum absolute atomic E-state index is 0.755. The number of nitrogens with zero attached hydrogens (tertiary/aromatic N) is 33. The van der Waals surface area contributed by atoms with Crippen molar-refractivity contribution in [3.63, 3.8) is 0 Å². The standard InChI is InChI=1S/3C11H15N3.C11H14N2.3C9H12N4.2C7H9N5/c1-6-8(3)14(5)11-10(6)7(2)12-9(4)13-11;1-6-7(2)12-8(3)10-11(6)14(5)9(4)13-10;1-6-7(2)10-11(12-8(6)3)14(5)9(4)13-10;1-7-5-10-11(6-8(7)2)13(4)9(3)12-10;1-5-8-9(11-6(2)10-5)13(4)7(3)12-8;1-5-8-9(6(2)12-11-5)13(4)7(3)10-8;1-5-8-6(2)12-13(4)9(8)11-7(3)10-5;1-4-6-7(10-11-9-4)12(3)5(2)8-6;1-4-6-7(9-5(2)8-4)12(3)11-10-6/h3*1-5H3;5-6H,1-4H3;3*1-4H3;2*1-3H3. The van der Waals surface area contributed by atoms with Gasteiger partial charge in [0, 0.05) is 85.9 Å². The van der Waals surface area contributed by atoms with Crippen LogP contribution in [-0.4, -0.2) is 162 Å². The average molecular weight is 1600 g/mol. The summed E-state index contributed by atoms with van der Waals surface area (Å²) < 4.78 is 17.8. The van der Waals surface area contributed by atoms with Crippen molar-refractivity contribution in [2.75, 3.05) is 0 Å². The highest BCUT2D eigenvalue weighted by molar-refractivity contribution is 5.86. The Kier molecular flexibility index (Phi) is 25.9. The Hall–Kier alpha value is -12.8. The summed E-state index contributed by atoms with van der Waals surface area (Å²) in [7, 11) is 17.8. The lowest BCUT2D eigenvalue weighted by Gasteiger charge is -2.05. The number of benzene rings is 1. The van der Waals surface area contributed by atoms with Gasteiger partial charge in [0.25, 0.3) is 0 Å². The van der Waals surface area contributed by atoms with Crippen molar-refractivity contribution < 1.29 is 0 Å². The normalized spacial score (nSPS) is 11.1. The number of hydrogen-bond donors (Lipinski definition) is 0. The van der Waals surface area contributed by atoms with Crippen LogP contribution in [0.4, 0.5) is 0 Å². The largest absolute Gasteiger partial charge is 0.333 e. The highest BCUT2D eigenvalue weighted by Gasteiger charge is 2.19. The van der Waals surface area contributed by atoms with E-state index < -0.39 is 0 Å². The molecule has 118 heavy (non-hydrogen) atoms. The van der Waals surface area contributed by atoms with Gasteiger partial charge in [-0.25, -0.2) is 79.4 Å². The highest BCUT2D eigenvalue weighted by Crippen LogP contribution is 2.28. The molecule has 18 rings (SSSR count). The van der Waals surface area contributed by atoms with Crippen molar-refractivity contribution in [3.8, 4) is 0 Å². The maximum Gasteiger partial charge on any atom is 0.186 e. The summed E-state index contributed by atoms with van der Waals surface area (Å²) in [5.74, 6) is 9.21. The molecule has 18 aromatic rings. The molecule has 0 saturated heterocycles. The van der Waals surface area contributed by atoms with Crippen LogP contribution in [-0.2, 0) is 63.4 Å². The maximum absolute atomic E-state index is 4.56. The van der Waals surface area contributed by atoms with Crippen LogP contribution in [0.15, 0.2) is 12.1 Å². The lowest BCUT2D eigenvalue weighted by molar-refractivity contribution is 0.728. The Bertz CT molecular complexity index is 6840. The van der Waals surface area contributed by atoms with Gasteiger partial charge in [0.15, 0.2) is 33.8 Å². The van der Waals surface area contributed by atoms with Crippen LogP contribution in [0.2, 0.25) is 0 Å². The molecule has 17 heterocycles. The molecule has 33 heteroatoms. The second-order valence-electron chi connectivity index (χ2n) is 30.4. The summed E-state index contributed by atoms with van der Waals surface area (Å²) in [5.41, 5.74) is 35.3. The van der Waals surface area contributed by atoms with Gasteiger partial charge in [0.05, 0.1) is 78.7 Å². The van der Waals surface area contributed by atoms with E-state index in [9.17, 15) is 0 Å². The molecule has 1 aromatic carbocycles. The number of pyridine rings is 2. The SMILES string of the molecule is Cc1cc2nc(C)n(C)c2cc1C.Cc1nc(C)c2c(C)c(C)n(C)c2n1.Cc1nc(C)c2c(C)nn(C)c2n1.Cc1nc(C)c2nc(C)n(C)c2c1C.Cc1nc(C)c2nc(C)n(C)c2n1.Cc1nc(C)c2nnn(C)c2n1.Cc1nc2c(nc(C)n2C)c(C)c1C.Cc1nnc(C)c2c1nc(C)n2C.Cc1nnnc2c1nc(C)n2C. The van der Waals surface area contributed by atoms with Gasteiger partial charge in [0.1, 0.15) is 91.5 Å². The van der Waals surface area contributed by atoms with E-state index in [0.717, 1.165) is 204 Å². The third-order valence-electron chi connectivity index (χ3n) is 22.0. The quantitative estimate of drug-likeness (QED) is 0.136. The first-order valence-corrected chi connectivity index (χ1v) is 39.0. The minimum atomic E-state index is 0.755. The molecule has 0 fully saturated rings. The van der Waals surface area contributed by atoms with Crippen molar-refractivity contribution in [2.24, 2.45) is 63.4 Å². The topological polar surface area (TPSA) is 354 Å². The third kappa shape index (κ3) is 17.6. The molecule has 0 unspecified atom stereocenters. The van der Waals surface area contributed by atoms with Crippen molar-refractivity contribution in [1.29, 1.82) is 0 Å². The first-order valence-electron chi connectivity index (χ1n) is 39.0. The number of imidazole rings is 6. The summed E-state index contributed by atoms with van der Waals surface area (Å²) in [6.07, 6.45) is 0. The summed E-state index contributed by atoms with van der Waals surface area (Å²) in [4.78, 5) is 70.2. The van der Waals surface area contributed by atoms with E-state index >= 15 is 0 Å². The van der Waals surface area contributed by atoms with Gasteiger partial charge in [-0.15, -0.1) is 15.3 Å². The number of aryl methyl sites for hydroxylation is 35. The van der Waals surface area contributed by atoms with Crippen LogP contribution in [0.25, 0.3) is 99.8 Å². The van der Waals surface area contributed by atoms with E-state index in [-0.39, 0.29) is 0 Å². The maximum atomic E-state index is 4.56. The lowest BCUT2D eigenvalue weighted by Crippen LogP contribution is -1.97. The van der Waals surface area contributed by atoms with Crippen molar-refractivity contribution in [2.45, 2.75) is 194 Å². The van der Waals surface area contributed by atoms with Crippen LogP contribution < -0.4 is 0 Å². The zero-order chi connectivity index (χ0) is 87.1. The fourth-order valence-electron chi connectivity index (χ4n) is 14.0. The molecule has 0 aliphatic rings. The third-order valence-corrected chi connectivity index (χ3v) is 22.0. The zero-order valence-electron chi connectivity index (χ0n) is 75.9. The molecule has 0 aliphatic heterocycles. The molecule has 33 nitrogen and oxygen atoms in total. The predicted molar refractivity (Wildman–Crippen MR) is 466 cm³/mol. The van der Waals surface area contributed by atoms with Crippen LogP contribution >= 0.6 is 0 Å². The predicted octanol–water partition coefficient (Wildman–Crippen LogP) is 13.7. The molecule has 0 spiro atoms. The minimum Gasteiger partial charge on any atom is -0.333 e. The van der Waals surface area contributed by atoms with Gasteiger partial charge in [-0.3, -0.25) is 9.67 Å². The lowest BCUT2D eigenvalue weighted by atomic mass is 10.1. The Labute approximate surface area is 687 Å². The smallest absolute Gasteiger partial charge is 0.186 e. The monoisotopic (exact) mass is 1600 g/mol. The van der Waals surface area contributed by atoms with Gasteiger partial charge in [-0.05, 0) is 245 Å². The second kappa shape index (κ2) is 34.9. The van der Waals surface area contributed by atoms with Gasteiger partial charge >= 0.3 is 0 Å². The second-order valence-corrected chi connectivity index (χ2v) is 30.4. The highest BCUT2D eigenvalue weighted by atomic mass is 15.4. The van der Waals surface area contributed by atoms with Gasteiger partial charge < -0.3 is 32.0 Å². The van der Waals surface area contributed by atoms with E-state index in [1.54, 1.807) is 9.36 Å². The van der Waals surface area contributed by atoms with Gasteiger partial charge in [-0.2, -0.15) is 15.3 Å². The van der Waals surface area contributed by atoms with Crippen molar-refractivity contribution in [1.82, 2.24) is 162 Å². The summed E-state index contributed by atoms with van der Waals surface area (Å²) in [6, 6.07) is 4.35. The molecule has 0 N–H and O–H groups in total. The fraction of sp³-hybridized carbons (Fsp3) is 0.435.